The van der Waals surface area contributed by atoms with E-state index >= 15 is 0 Å². The Morgan fingerprint density at radius 2 is 2.26 bits per heavy atom. The molecule has 104 valence electrons. The molecule has 0 unspecified atom stereocenters. The lowest BCUT2D eigenvalue weighted by atomic mass is 10.1. The third kappa shape index (κ3) is 4.29. The van der Waals surface area contributed by atoms with Crippen molar-refractivity contribution in [3.63, 3.8) is 0 Å². The van der Waals surface area contributed by atoms with Crippen LogP contribution in [0.15, 0.2) is 18.5 Å². The summed E-state index contributed by atoms with van der Waals surface area (Å²) in [6.45, 7) is 6.29. The first-order valence-electron chi connectivity index (χ1n) is 6.73. The minimum atomic E-state index is 0.207. The van der Waals surface area contributed by atoms with Crippen molar-refractivity contribution >= 4 is 5.91 Å². The van der Waals surface area contributed by atoms with Gasteiger partial charge in [-0.1, -0.05) is 0 Å². The summed E-state index contributed by atoms with van der Waals surface area (Å²) in [5.74, 6) is 0.207. The normalized spacial score (nSPS) is 15.5. The summed E-state index contributed by atoms with van der Waals surface area (Å²) in [4.78, 5) is 17.9. The number of hydrogen-bond donors (Lipinski definition) is 1. The van der Waals surface area contributed by atoms with E-state index in [1.54, 1.807) is 6.20 Å². The van der Waals surface area contributed by atoms with Crippen LogP contribution in [0.4, 0.5) is 0 Å². The van der Waals surface area contributed by atoms with Gasteiger partial charge in [0.15, 0.2) is 0 Å². The van der Waals surface area contributed by atoms with E-state index in [0.29, 0.717) is 26.2 Å². The summed E-state index contributed by atoms with van der Waals surface area (Å²) in [5, 5.41) is 3.29. The zero-order valence-corrected chi connectivity index (χ0v) is 11.4. The van der Waals surface area contributed by atoms with Crippen LogP contribution in [-0.2, 0) is 16.1 Å². The van der Waals surface area contributed by atoms with Crippen LogP contribution in [0.5, 0.6) is 0 Å². The topological polar surface area (TPSA) is 54.5 Å². The maximum atomic E-state index is 11.9. The van der Waals surface area contributed by atoms with E-state index in [4.69, 9.17) is 4.74 Å². The molecule has 1 saturated heterocycles. The number of pyridine rings is 1. The minimum absolute atomic E-state index is 0.207. The Balaban J connectivity index is 1.66. The second kappa shape index (κ2) is 7.21. The Kier molecular flexibility index (Phi) is 5.30. The second-order valence-corrected chi connectivity index (χ2v) is 4.72. The van der Waals surface area contributed by atoms with Gasteiger partial charge >= 0.3 is 0 Å². The molecule has 1 N–H and O–H groups in total. The number of amides is 1. The van der Waals surface area contributed by atoms with Gasteiger partial charge in [-0.15, -0.1) is 0 Å². The number of ether oxygens (including phenoxy) is 1. The van der Waals surface area contributed by atoms with Crippen molar-refractivity contribution in [2.75, 3.05) is 32.8 Å². The van der Waals surface area contributed by atoms with Crippen LogP contribution < -0.4 is 5.32 Å². The van der Waals surface area contributed by atoms with E-state index in [2.05, 4.69) is 17.2 Å². The molecule has 2 heterocycles. The molecule has 0 bridgehead atoms. The fraction of sp³-hybridized carbons (Fsp3) is 0.571. The summed E-state index contributed by atoms with van der Waals surface area (Å²) >= 11 is 0. The lowest BCUT2D eigenvalue weighted by molar-refractivity contribution is -0.135. The molecule has 5 nitrogen and oxygen atoms in total. The Morgan fingerprint density at radius 3 is 3.00 bits per heavy atom. The van der Waals surface area contributed by atoms with Crippen LogP contribution in [0.1, 0.15) is 17.5 Å². The van der Waals surface area contributed by atoms with Crippen molar-refractivity contribution in [3.8, 4) is 0 Å². The summed E-state index contributed by atoms with van der Waals surface area (Å²) < 4.78 is 5.23. The van der Waals surface area contributed by atoms with Gasteiger partial charge in [0.05, 0.1) is 13.2 Å². The van der Waals surface area contributed by atoms with E-state index in [1.165, 1.54) is 11.1 Å². The van der Waals surface area contributed by atoms with E-state index in [1.807, 2.05) is 17.2 Å². The summed E-state index contributed by atoms with van der Waals surface area (Å²) in [5.41, 5.74) is 2.41. The van der Waals surface area contributed by atoms with Crippen LogP contribution in [0, 0.1) is 6.92 Å². The molecule has 1 amide bonds. The quantitative estimate of drug-likeness (QED) is 0.796. The van der Waals surface area contributed by atoms with Crippen molar-refractivity contribution in [1.82, 2.24) is 15.2 Å². The van der Waals surface area contributed by atoms with Gasteiger partial charge in [0.2, 0.25) is 5.91 Å². The fourth-order valence-corrected chi connectivity index (χ4v) is 2.07. The lowest BCUT2D eigenvalue weighted by Gasteiger charge is -2.26. The maximum Gasteiger partial charge on any atom is 0.224 e. The summed E-state index contributed by atoms with van der Waals surface area (Å²) in [6, 6.07) is 2.00. The molecule has 0 aromatic carbocycles. The van der Waals surface area contributed by atoms with Gasteiger partial charge in [0.25, 0.3) is 0 Å². The van der Waals surface area contributed by atoms with Gasteiger partial charge in [-0.3, -0.25) is 9.78 Å². The van der Waals surface area contributed by atoms with E-state index in [-0.39, 0.29) is 5.91 Å². The lowest BCUT2D eigenvalue weighted by Crippen LogP contribution is -2.41. The van der Waals surface area contributed by atoms with Gasteiger partial charge in [-0.2, -0.15) is 0 Å². The largest absolute Gasteiger partial charge is 0.378 e. The molecule has 0 aliphatic carbocycles. The number of carbonyl (C=O) groups is 1. The highest BCUT2D eigenvalue weighted by Gasteiger charge is 2.15. The number of aromatic nitrogens is 1. The number of nitrogens with one attached hydrogen (secondary N) is 1. The highest BCUT2D eigenvalue weighted by Crippen LogP contribution is 2.04. The molecular weight excluding hydrogens is 242 g/mol. The monoisotopic (exact) mass is 263 g/mol. The first-order valence-corrected chi connectivity index (χ1v) is 6.73. The molecule has 0 spiro atoms. The highest BCUT2D eigenvalue weighted by molar-refractivity contribution is 5.76. The van der Waals surface area contributed by atoms with E-state index in [0.717, 1.165) is 19.6 Å². The number of nitrogens with zero attached hydrogens (tertiary/aromatic N) is 2. The molecular formula is C14H21N3O2. The van der Waals surface area contributed by atoms with Crippen LogP contribution >= 0.6 is 0 Å². The first-order chi connectivity index (χ1) is 9.27. The van der Waals surface area contributed by atoms with Gasteiger partial charge in [-0.25, -0.2) is 0 Å². The third-order valence-electron chi connectivity index (χ3n) is 3.34. The smallest absolute Gasteiger partial charge is 0.224 e. The van der Waals surface area contributed by atoms with Crippen LogP contribution in [0.25, 0.3) is 0 Å². The Hall–Kier alpha value is -1.46. The highest BCUT2D eigenvalue weighted by atomic mass is 16.5. The molecule has 0 radical (unpaired) electrons. The number of aryl methyl sites for hydroxylation is 1. The van der Waals surface area contributed by atoms with Crippen molar-refractivity contribution in [2.45, 2.75) is 19.9 Å². The number of hydrogen-bond acceptors (Lipinski definition) is 4. The Morgan fingerprint density at radius 1 is 1.47 bits per heavy atom. The second-order valence-electron chi connectivity index (χ2n) is 4.72. The predicted octanol–water partition coefficient (Wildman–Crippen LogP) is 0.729. The number of carbonyl (C=O) groups excluding carboxylic acids is 1. The van der Waals surface area contributed by atoms with Crippen molar-refractivity contribution in [1.29, 1.82) is 0 Å². The van der Waals surface area contributed by atoms with Gasteiger partial charge in [-0.05, 0) is 24.1 Å². The predicted molar refractivity (Wildman–Crippen MR) is 72.7 cm³/mol. The molecule has 1 aliphatic heterocycles. The molecule has 0 atom stereocenters. The molecule has 2 rings (SSSR count). The molecule has 0 saturated carbocycles. The molecule has 1 aliphatic rings. The first kappa shape index (κ1) is 14.0. The standard InChI is InChI=1S/C14H21N3O2/c1-12-2-4-15-10-13(12)11-16-5-3-14(18)17-6-8-19-9-7-17/h2,4,10,16H,3,5-9,11H2,1H3. The molecule has 1 aromatic heterocycles. The van der Waals surface area contributed by atoms with Crippen molar-refractivity contribution in [3.05, 3.63) is 29.6 Å². The van der Waals surface area contributed by atoms with Crippen LogP contribution in [0.3, 0.4) is 0 Å². The average molecular weight is 263 g/mol. The molecule has 5 heteroatoms. The number of rotatable bonds is 5. The summed E-state index contributed by atoms with van der Waals surface area (Å²) in [6.07, 6.45) is 4.20. The third-order valence-corrected chi connectivity index (χ3v) is 3.34. The zero-order chi connectivity index (χ0) is 13.5. The SMILES string of the molecule is Cc1ccncc1CNCCC(=O)N1CCOCC1. The average Bonchev–Trinajstić information content (AvgIpc) is 2.46. The maximum absolute atomic E-state index is 11.9. The van der Waals surface area contributed by atoms with Crippen LogP contribution in [-0.4, -0.2) is 48.6 Å². The fourth-order valence-electron chi connectivity index (χ4n) is 2.07. The number of morpholine rings is 1. The van der Waals surface area contributed by atoms with Gasteiger partial charge in [0, 0.05) is 45.0 Å². The molecule has 19 heavy (non-hydrogen) atoms. The van der Waals surface area contributed by atoms with Gasteiger partial charge < -0.3 is 15.0 Å². The summed E-state index contributed by atoms with van der Waals surface area (Å²) in [7, 11) is 0. The van der Waals surface area contributed by atoms with Crippen LogP contribution in [0.2, 0.25) is 0 Å². The molecule has 1 fully saturated rings. The van der Waals surface area contributed by atoms with E-state index < -0.39 is 0 Å². The zero-order valence-electron chi connectivity index (χ0n) is 11.4. The minimum Gasteiger partial charge on any atom is -0.378 e. The van der Waals surface area contributed by atoms with Crippen molar-refractivity contribution in [2.24, 2.45) is 0 Å². The Bertz CT molecular complexity index is 417. The van der Waals surface area contributed by atoms with Crippen molar-refractivity contribution < 1.29 is 9.53 Å². The molecule has 1 aromatic rings. The van der Waals surface area contributed by atoms with E-state index in [9.17, 15) is 4.79 Å². The Labute approximate surface area is 114 Å². The van der Waals surface area contributed by atoms with Gasteiger partial charge in [0.1, 0.15) is 0 Å².